The molecule has 0 aliphatic heterocycles. The van der Waals surface area contributed by atoms with Gasteiger partial charge in [-0.2, -0.15) is 0 Å². The maximum absolute atomic E-state index is 11.6. The second-order valence-corrected chi connectivity index (χ2v) is 5.16. The summed E-state index contributed by atoms with van der Waals surface area (Å²) < 4.78 is 0. The Morgan fingerprint density at radius 2 is 1.19 bits per heavy atom. The van der Waals surface area contributed by atoms with Crippen molar-refractivity contribution in [2.75, 3.05) is 0 Å². The van der Waals surface area contributed by atoms with Crippen molar-refractivity contribution in [1.82, 2.24) is 0 Å². The molecule has 21 heavy (non-hydrogen) atoms. The Kier molecular flexibility index (Phi) is 4.78. The van der Waals surface area contributed by atoms with Crippen LogP contribution in [0.25, 0.3) is 11.1 Å². The maximum atomic E-state index is 11.6. The first-order valence-electron chi connectivity index (χ1n) is 5.74. The Labute approximate surface area is 135 Å². The number of halogens is 3. The Bertz CT molecular complexity index is 704. The van der Waals surface area contributed by atoms with Crippen molar-refractivity contribution < 1.29 is 14.4 Å². The number of rotatable bonds is 4. The molecule has 2 rings (SSSR count). The van der Waals surface area contributed by atoms with E-state index in [9.17, 15) is 14.4 Å². The van der Waals surface area contributed by atoms with Gasteiger partial charge in [-0.25, -0.2) is 0 Å². The highest BCUT2D eigenvalue weighted by atomic mass is 35.5. The first kappa shape index (κ1) is 15.7. The average Bonchev–Trinajstić information content (AvgIpc) is 2.46. The Morgan fingerprint density at radius 1 is 0.714 bits per heavy atom. The highest BCUT2D eigenvalue weighted by Crippen LogP contribution is 2.32. The van der Waals surface area contributed by atoms with Gasteiger partial charge in [0.1, 0.15) is 0 Å². The zero-order valence-electron chi connectivity index (χ0n) is 10.4. The summed E-state index contributed by atoms with van der Waals surface area (Å²) in [6.45, 7) is 0. The van der Waals surface area contributed by atoms with E-state index in [0.29, 0.717) is 5.56 Å². The molecule has 2 aromatic rings. The minimum absolute atomic E-state index is 0.00151. The lowest BCUT2D eigenvalue weighted by Gasteiger charge is -2.12. The fourth-order valence-electron chi connectivity index (χ4n) is 1.98. The normalized spacial score (nSPS) is 10.2. The van der Waals surface area contributed by atoms with Gasteiger partial charge in [-0.1, -0.05) is 30.3 Å². The van der Waals surface area contributed by atoms with Crippen molar-refractivity contribution >= 4 is 50.5 Å². The number of hydrogen-bond acceptors (Lipinski definition) is 3. The molecule has 2 aromatic carbocycles. The molecule has 0 atom stereocenters. The van der Waals surface area contributed by atoms with Crippen molar-refractivity contribution in [2.45, 2.75) is 0 Å². The summed E-state index contributed by atoms with van der Waals surface area (Å²) in [7, 11) is 0. The van der Waals surface area contributed by atoms with Crippen LogP contribution in [-0.4, -0.2) is 15.7 Å². The number of hydrogen-bond donors (Lipinski definition) is 0. The predicted molar refractivity (Wildman–Crippen MR) is 82.4 cm³/mol. The van der Waals surface area contributed by atoms with Gasteiger partial charge in [0.15, 0.2) is 0 Å². The molecule has 0 aliphatic rings. The number of carbonyl (C=O) groups excluding carboxylic acids is 3. The largest absolute Gasteiger partial charge is 0.276 e. The van der Waals surface area contributed by atoms with Crippen LogP contribution in [0.2, 0.25) is 0 Å². The van der Waals surface area contributed by atoms with Gasteiger partial charge >= 0.3 is 0 Å². The van der Waals surface area contributed by atoms with Gasteiger partial charge in [0.2, 0.25) is 0 Å². The number of benzene rings is 2. The van der Waals surface area contributed by atoms with Crippen molar-refractivity contribution in [1.29, 1.82) is 0 Å². The topological polar surface area (TPSA) is 51.2 Å². The van der Waals surface area contributed by atoms with Gasteiger partial charge in [-0.15, -0.1) is 0 Å². The third kappa shape index (κ3) is 3.32. The monoisotopic (exact) mass is 340 g/mol. The van der Waals surface area contributed by atoms with E-state index in [-0.39, 0.29) is 22.3 Å². The third-order valence-electron chi connectivity index (χ3n) is 2.85. The minimum Gasteiger partial charge on any atom is -0.276 e. The van der Waals surface area contributed by atoms with Gasteiger partial charge in [0.25, 0.3) is 15.7 Å². The molecular formula is C15H7Cl3O3. The maximum Gasteiger partial charge on any atom is 0.253 e. The molecule has 0 aromatic heterocycles. The van der Waals surface area contributed by atoms with Crippen LogP contribution in [0.4, 0.5) is 0 Å². The summed E-state index contributed by atoms with van der Waals surface area (Å²) in [6, 6.07) is 11.1. The summed E-state index contributed by atoms with van der Waals surface area (Å²) >= 11 is 16.5. The number of carbonyl (C=O) groups is 3. The molecule has 0 amide bonds. The summed E-state index contributed by atoms with van der Waals surface area (Å²) in [5.74, 6) is 0. The molecule has 0 saturated carbocycles. The molecule has 0 fully saturated rings. The molecule has 0 heterocycles. The zero-order chi connectivity index (χ0) is 15.6. The van der Waals surface area contributed by atoms with E-state index >= 15 is 0 Å². The van der Waals surface area contributed by atoms with Crippen molar-refractivity contribution in [3.63, 3.8) is 0 Å². The third-order valence-corrected chi connectivity index (χ3v) is 3.48. The SMILES string of the molecule is O=C(Cl)c1cc(C(=O)Cl)c(-c2ccccc2)c(C(=O)Cl)c1. The lowest BCUT2D eigenvalue weighted by atomic mass is 9.93. The van der Waals surface area contributed by atoms with Crippen LogP contribution in [0.15, 0.2) is 42.5 Å². The smallest absolute Gasteiger partial charge is 0.253 e. The predicted octanol–water partition coefficient (Wildman–Crippen LogP) is 4.49. The van der Waals surface area contributed by atoms with E-state index in [2.05, 4.69) is 0 Å². The van der Waals surface area contributed by atoms with Gasteiger partial charge in [0, 0.05) is 22.3 Å². The zero-order valence-corrected chi connectivity index (χ0v) is 12.7. The fraction of sp³-hybridized carbons (Fsp3) is 0. The molecule has 6 heteroatoms. The minimum atomic E-state index is -0.812. The second kappa shape index (κ2) is 6.39. The molecule has 0 saturated heterocycles. The van der Waals surface area contributed by atoms with Crippen LogP contribution in [0.3, 0.4) is 0 Å². The Hall–Kier alpha value is -1.68. The fourth-order valence-corrected chi connectivity index (χ4v) is 2.39. The molecule has 0 radical (unpaired) electrons. The van der Waals surface area contributed by atoms with Gasteiger partial charge in [-0.05, 0) is 52.5 Å². The van der Waals surface area contributed by atoms with Crippen LogP contribution in [0, 0.1) is 0 Å². The molecule has 0 bridgehead atoms. The van der Waals surface area contributed by atoms with E-state index in [4.69, 9.17) is 34.8 Å². The standard InChI is InChI=1S/C15H7Cl3O3/c16-13(19)9-6-10(14(17)20)12(11(7-9)15(18)21)8-4-2-1-3-5-8/h1-7H. The molecule has 106 valence electrons. The Morgan fingerprint density at radius 3 is 1.57 bits per heavy atom. The van der Waals surface area contributed by atoms with E-state index in [1.54, 1.807) is 30.3 Å². The van der Waals surface area contributed by atoms with Crippen LogP contribution < -0.4 is 0 Å². The lowest BCUT2D eigenvalue weighted by Crippen LogP contribution is -2.05. The molecule has 0 spiro atoms. The van der Waals surface area contributed by atoms with Crippen molar-refractivity contribution in [3.05, 3.63) is 59.2 Å². The second-order valence-electron chi connectivity index (χ2n) is 4.13. The molecule has 3 nitrogen and oxygen atoms in total. The highest BCUT2D eigenvalue weighted by Gasteiger charge is 2.21. The van der Waals surface area contributed by atoms with Crippen molar-refractivity contribution in [3.8, 4) is 11.1 Å². The van der Waals surface area contributed by atoms with Crippen LogP contribution >= 0.6 is 34.8 Å². The van der Waals surface area contributed by atoms with Crippen LogP contribution in [0.5, 0.6) is 0 Å². The molecule has 0 N–H and O–H groups in total. The molecule has 0 unspecified atom stereocenters. The van der Waals surface area contributed by atoms with Crippen LogP contribution in [-0.2, 0) is 0 Å². The van der Waals surface area contributed by atoms with E-state index in [0.717, 1.165) is 0 Å². The molecular weight excluding hydrogens is 335 g/mol. The van der Waals surface area contributed by atoms with Crippen molar-refractivity contribution in [2.24, 2.45) is 0 Å². The first-order chi connectivity index (χ1) is 9.91. The summed E-state index contributed by atoms with van der Waals surface area (Å²) in [6.07, 6.45) is 0. The molecule has 0 aliphatic carbocycles. The van der Waals surface area contributed by atoms with Gasteiger partial charge in [0.05, 0.1) is 0 Å². The van der Waals surface area contributed by atoms with E-state index < -0.39 is 15.7 Å². The van der Waals surface area contributed by atoms with E-state index in [1.165, 1.54) is 12.1 Å². The summed E-state index contributed by atoms with van der Waals surface area (Å²) in [4.78, 5) is 34.6. The van der Waals surface area contributed by atoms with Gasteiger partial charge in [-0.3, -0.25) is 14.4 Å². The van der Waals surface area contributed by atoms with Gasteiger partial charge < -0.3 is 0 Å². The Balaban J connectivity index is 2.86. The van der Waals surface area contributed by atoms with E-state index in [1.807, 2.05) is 0 Å². The summed E-state index contributed by atoms with van der Waals surface area (Å²) in [5, 5.41) is -2.44. The average molecular weight is 342 g/mol. The first-order valence-corrected chi connectivity index (χ1v) is 6.88. The summed E-state index contributed by atoms with van der Waals surface area (Å²) in [5.41, 5.74) is 0.831. The highest BCUT2D eigenvalue weighted by molar-refractivity contribution is 6.71. The van der Waals surface area contributed by atoms with Crippen LogP contribution in [0.1, 0.15) is 31.1 Å². The lowest BCUT2D eigenvalue weighted by molar-refractivity contribution is 0.108. The quantitative estimate of drug-likeness (QED) is 0.770.